The van der Waals surface area contributed by atoms with Crippen LogP contribution in [0.25, 0.3) is 0 Å². The Kier molecular flexibility index (Phi) is 8.88. The Labute approximate surface area is 187 Å². The number of aliphatic hydroxyl groups excluding tert-OH is 1. The van der Waals surface area contributed by atoms with E-state index in [2.05, 4.69) is 28.1 Å². The second-order valence-corrected chi connectivity index (χ2v) is 9.51. The molecule has 7 nitrogen and oxygen atoms in total. The average Bonchev–Trinajstić information content (AvgIpc) is 3.20. The number of aryl methyl sites for hydroxylation is 1. The minimum absolute atomic E-state index is 0.528. The summed E-state index contributed by atoms with van der Waals surface area (Å²) >= 11 is 1.77. The normalized spacial score (nSPS) is 13.2. The lowest BCUT2D eigenvalue weighted by molar-refractivity contribution is -0.123. The fourth-order valence-electron chi connectivity index (χ4n) is 2.65. The number of carbonyl (C=O) groups is 2. The van der Waals surface area contributed by atoms with Crippen LogP contribution >= 0.6 is 11.3 Å². The topological polar surface area (TPSA) is 96.9 Å². The second-order valence-electron chi connectivity index (χ2n) is 8.48. The van der Waals surface area contributed by atoms with E-state index in [1.54, 1.807) is 56.4 Å². The van der Waals surface area contributed by atoms with Crippen LogP contribution in [0.15, 0.2) is 41.8 Å². The molecule has 2 aromatic rings. The Hall–Kier alpha value is -2.58. The number of ether oxygens (including phenoxy) is 2. The van der Waals surface area contributed by atoms with Gasteiger partial charge in [-0.15, -0.1) is 11.3 Å². The molecule has 0 saturated heterocycles. The SMILES string of the molecule is CC(C)(C)OC(=O)N[C@@](C)(CO)C(=O)Nc1ccc(OCCCCc2cccs2)cc1. The van der Waals surface area contributed by atoms with Gasteiger partial charge < -0.3 is 25.2 Å². The third-order valence-electron chi connectivity index (χ3n) is 4.37. The first-order valence-corrected chi connectivity index (χ1v) is 11.2. The summed E-state index contributed by atoms with van der Waals surface area (Å²) in [7, 11) is 0. The monoisotopic (exact) mass is 448 g/mol. The lowest BCUT2D eigenvalue weighted by Gasteiger charge is -2.29. The summed E-state index contributed by atoms with van der Waals surface area (Å²) in [6.07, 6.45) is 2.31. The summed E-state index contributed by atoms with van der Waals surface area (Å²) in [5.74, 6) is 0.161. The molecular formula is C23H32N2O5S. The quantitative estimate of drug-likeness (QED) is 0.469. The Morgan fingerprint density at radius 3 is 2.35 bits per heavy atom. The Morgan fingerprint density at radius 2 is 1.77 bits per heavy atom. The standard InChI is InChI=1S/C23H32N2O5S/c1-22(2,3)30-21(28)25-23(4,16-26)20(27)24-17-10-12-18(13-11-17)29-14-6-5-8-19-9-7-15-31-19/h7,9-13,15,26H,5-6,8,14,16H2,1-4H3,(H,24,27)(H,25,28)/t23-/m0/s1. The molecule has 8 heteroatoms. The van der Waals surface area contributed by atoms with Crippen molar-refractivity contribution in [3.63, 3.8) is 0 Å². The lowest BCUT2D eigenvalue weighted by atomic mass is 10.0. The first-order valence-electron chi connectivity index (χ1n) is 10.3. The van der Waals surface area contributed by atoms with E-state index in [1.807, 2.05) is 0 Å². The fraction of sp³-hybridized carbons (Fsp3) is 0.478. The molecule has 0 aliphatic heterocycles. The van der Waals surface area contributed by atoms with Gasteiger partial charge in [-0.1, -0.05) is 6.07 Å². The predicted octanol–water partition coefficient (Wildman–Crippen LogP) is 4.36. The van der Waals surface area contributed by atoms with E-state index < -0.39 is 29.7 Å². The molecule has 0 spiro atoms. The molecule has 31 heavy (non-hydrogen) atoms. The molecule has 0 unspecified atom stereocenters. The van der Waals surface area contributed by atoms with Crippen LogP contribution in [0.2, 0.25) is 0 Å². The smallest absolute Gasteiger partial charge is 0.408 e. The number of thiophene rings is 1. The Balaban J connectivity index is 1.80. The summed E-state index contributed by atoms with van der Waals surface area (Å²) in [6.45, 7) is 6.63. The summed E-state index contributed by atoms with van der Waals surface area (Å²) in [5.41, 5.74) is -1.71. The zero-order chi connectivity index (χ0) is 22.9. The molecule has 0 bridgehead atoms. The zero-order valence-corrected chi connectivity index (χ0v) is 19.4. The van der Waals surface area contributed by atoms with Crippen molar-refractivity contribution in [2.45, 2.75) is 58.1 Å². The number of nitrogens with one attached hydrogen (secondary N) is 2. The van der Waals surface area contributed by atoms with Crippen molar-refractivity contribution in [2.75, 3.05) is 18.5 Å². The predicted molar refractivity (Wildman–Crippen MR) is 123 cm³/mol. The number of amides is 2. The number of hydrogen-bond donors (Lipinski definition) is 3. The molecule has 1 aromatic heterocycles. The van der Waals surface area contributed by atoms with Crippen molar-refractivity contribution in [2.24, 2.45) is 0 Å². The van der Waals surface area contributed by atoms with Crippen molar-refractivity contribution in [1.29, 1.82) is 0 Å². The average molecular weight is 449 g/mol. The summed E-state index contributed by atoms with van der Waals surface area (Å²) < 4.78 is 10.9. The molecule has 1 heterocycles. The molecule has 0 radical (unpaired) electrons. The molecular weight excluding hydrogens is 416 g/mol. The molecule has 0 saturated carbocycles. The van der Waals surface area contributed by atoms with Gasteiger partial charge in [0.1, 0.15) is 16.9 Å². The Morgan fingerprint density at radius 1 is 1.06 bits per heavy atom. The molecule has 1 aromatic carbocycles. The van der Waals surface area contributed by atoms with Gasteiger partial charge in [0.25, 0.3) is 5.91 Å². The van der Waals surface area contributed by atoms with Crippen molar-refractivity contribution in [3.8, 4) is 5.75 Å². The van der Waals surface area contributed by atoms with Crippen molar-refractivity contribution in [1.82, 2.24) is 5.32 Å². The molecule has 3 N–H and O–H groups in total. The molecule has 0 fully saturated rings. The van der Waals surface area contributed by atoms with Gasteiger partial charge in [0, 0.05) is 10.6 Å². The third kappa shape index (κ3) is 8.59. The number of rotatable bonds is 10. The summed E-state index contributed by atoms with van der Waals surface area (Å²) in [6, 6.07) is 11.2. The summed E-state index contributed by atoms with van der Waals surface area (Å²) in [4.78, 5) is 26.0. The number of benzene rings is 1. The molecule has 2 amide bonds. The number of anilines is 1. The maximum absolute atomic E-state index is 12.6. The van der Waals surface area contributed by atoms with Crippen LogP contribution in [0.5, 0.6) is 5.75 Å². The van der Waals surface area contributed by atoms with Crippen molar-refractivity contribution in [3.05, 3.63) is 46.7 Å². The highest BCUT2D eigenvalue weighted by molar-refractivity contribution is 7.09. The highest BCUT2D eigenvalue weighted by Crippen LogP contribution is 2.19. The lowest BCUT2D eigenvalue weighted by Crippen LogP contribution is -2.58. The van der Waals surface area contributed by atoms with Gasteiger partial charge in [-0.05, 0) is 82.7 Å². The fourth-order valence-corrected chi connectivity index (χ4v) is 3.40. The zero-order valence-electron chi connectivity index (χ0n) is 18.6. The first-order chi connectivity index (χ1) is 14.6. The molecule has 170 valence electrons. The molecule has 2 rings (SSSR count). The number of carbonyl (C=O) groups excluding carboxylic acids is 2. The van der Waals surface area contributed by atoms with E-state index in [0.29, 0.717) is 18.0 Å². The van der Waals surface area contributed by atoms with Gasteiger partial charge in [0.15, 0.2) is 0 Å². The number of unbranched alkanes of at least 4 members (excludes halogenated alkanes) is 1. The van der Waals surface area contributed by atoms with E-state index in [0.717, 1.165) is 19.3 Å². The van der Waals surface area contributed by atoms with Crippen molar-refractivity contribution >= 4 is 29.0 Å². The molecule has 0 aliphatic rings. The van der Waals surface area contributed by atoms with Crippen LogP contribution in [0.1, 0.15) is 45.4 Å². The van der Waals surface area contributed by atoms with E-state index in [9.17, 15) is 14.7 Å². The van der Waals surface area contributed by atoms with Crippen LogP contribution in [0.4, 0.5) is 10.5 Å². The van der Waals surface area contributed by atoms with Gasteiger partial charge in [-0.25, -0.2) is 4.79 Å². The minimum Gasteiger partial charge on any atom is -0.494 e. The third-order valence-corrected chi connectivity index (χ3v) is 5.31. The van der Waals surface area contributed by atoms with Crippen molar-refractivity contribution < 1.29 is 24.2 Å². The minimum atomic E-state index is -1.53. The number of alkyl carbamates (subject to hydrolysis) is 1. The van der Waals surface area contributed by atoms with Gasteiger partial charge in [0.05, 0.1) is 13.2 Å². The maximum Gasteiger partial charge on any atom is 0.408 e. The molecule has 1 atom stereocenters. The highest BCUT2D eigenvalue weighted by Gasteiger charge is 2.36. The van der Waals surface area contributed by atoms with Crippen LogP contribution in [0, 0.1) is 0 Å². The van der Waals surface area contributed by atoms with Crippen LogP contribution in [-0.4, -0.2) is 41.5 Å². The van der Waals surface area contributed by atoms with E-state index in [1.165, 1.54) is 11.8 Å². The first kappa shape index (κ1) is 24.7. The highest BCUT2D eigenvalue weighted by atomic mass is 32.1. The number of hydrogen-bond acceptors (Lipinski definition) is 6. The van der Waals surface area contributed by atoms with Gasteiger partial charge in [0.2, 0.25) is 0 Å². The van der Waals surface area contributed by atoms with E-state index in [-0.39, 0.29) is 0 Å². The van der Waals surface area contributed by atoms with E-state index >= 15 is 0 Å². The largest absolute Gasteiger partial charge is 0.494 e. The summed E-state index contributed by atoms with van der Waals surface area (Å²) in [5, 5.41) is 16.9. The Bertz CT molecular complexity index is 831. The van der Waals surface area contributed by atoms with Crippen LogP contribution < -0.4 is 15.4 Å². The van der Waals surface area contributed by atoms with E-state index in [4.69, 9.17) is 9.47 Å². The van der Waals surface area contributed by atoms with Gasteiger partial charge in [-0.3, -0.25) is 4.79 Å². The van der Waals surface area contributed by atoms with Crippen LogP contribution in [-0.2, 0) is 16.0 Å². The second kappa shape index (κ2) is 11.2. The molecule has 0 aliphatic carbocycles. The van der Waals surface area contributed by atoms with Gasteiger partial charge in [-0.2, -0.15) is 0 Å². The maximum atomic E-state index is 12.6. The number of aliphatic hydroxyl groups is 1. The van der Waals surface area contributed by atoms with Crippen LogP contribution in [0.3, 0.4) is 0 Å². The van der Waals surface area contributed by atoms with Gasteiger partial charge >= 0.3 is 6.09 Å².